The van der Waals surface area contributed by atoms with Crippen molar-refractivity contribution in [2.24, 2.45) is 0 Å². The molecule has 1 unspecified atom stereocenters. The molecule has 38 valence electrons. The van der Waals surface area contributed by atoms with Gasteiger partial charge in [-0.2, -0.15) is 5.26 Å². The second-order valence-corrected chi connectivity index (χ2v) is 1.17. The van der Waals surface area contributed by atoms with Crippen molar-refractivity contribution in [1.82, 2.24) is 0 Å². The zero-order valence-corrected chi connectivity index (χ0v) is 4.06. The molecule has 2 heteroatoms. The fraction of sp³-hybridized carbons (Fsp3) is 0.400. The van der Waals surface area contributed by atoms with Gasteiger partial charge in [-0.15, -0.1) is 0 Å². The molecule has 0 aromatic rings. The molecule has 0 aromatic heterocycles. The molecule has 1 atom stereocenters. The van der Waals surface area contributed by atoms with E-state index in [-0.39, 0.29) is 0 Å². The van der Waals surface area contributed by atoms with Gasteiger partial charge >= 0.3 is 0 Å². The van der Waals surface area contributed by atoms with Crippen LogP contribution < -0.4 is 0 Å². The maximum absolute atomic E-state index is 11.7. The van der Waals surface area contributed by atoms with Crippen LogP contribution in [-0.4, -0.2) is 6.17 Å². The van der Waals surface area contributed by atoms with E-state index in [0.29, 0.717) is 0 Å². The molecule has 0 saturated heterocycles. The summed E-state index contributed by atoms with van der Waals surface area (Å²) in [5, 5.41) is 7.81. The first-order chi connectivity index (χ1) is 3.27. The summed E-state index contributed by atoms with van der Waals surface area (Å²) in [7, 11) is 0. The third-order valence-corrected chi connectivity index (χ3v) is 0.436. The zero-order valence-electron chi connectivity index (χ0n) is 4.06. The highest BCUT2D eigenvalue weighted by atomic mass is 19.1. The minimum Gasteiger partial charge on any atom is -0.243 e. The zero-order chi connectivity index (χ0) is 5.70. The van der Waals surface area contributed by atoms with Crippen molar-refractivity contribution in [2.45, 2.75) is 13.1 Å². The Morgan fingerprint density at radius 2 is 2.43 bits per heavy atom. The fourth-order valence-corrected chi connectivity index (χ4v) is 0.176. The SMILES string of the molecule is CC(F)/C=C/C#N. The summed E-state index contributed by atoms with van der Waals surface area (Å²) < 4.78 is 11.7. The van der Waals surface area contributed by atoms with Crippen LogP contribution in [0.15, 0.2) is 12.2 Å². The summed E-state index contributed by atoms with van der Waals surface area (Å²) in [6, 6.07) is 1.68. The number of rotatable bonds is 1. The summed E-state index contributed by atoms with van der Waals surface area (Å²) in [6.07, 6.45) is 1.32. The summed E-state index contributed by atoms with van der Waals surface area (Å²) in [5.74, 6) is 0. The van der Waals surface area contributed by atoms with Gasteiger partial charge in [-0.3, -0.25) is 0 Å². The molecule has 0 spiro atoms. The van der Waals surface area contributed by atoms with E-state index < -0.39 is 6.17 Å². The Labute approximate surface area is 42.1 Å². The van der Waals surface area contributed by atoms with Crippen LogP contribution in [-0.2, 0) is 0 Å². The highest BCUT2D eigenvalue weighted by Crippen LogP contribution is 1.87. The minimum atomic E-state index is -1.00. The number of nitriles is 1. The van der Waals surface area contributed by atoms with Crippen LogP contribution in [0.4, 0.5) is 4.39 Å². The fourth-order valence-electron chi connectivity index (χ4n) is 0.176. The number of hydrogen-bond acceptors (Lipinski definition) is 1. The van der Waals surface area contributed by atoms with Crippen LogP contribution in [0.2, 0.25) is 0 Å². The van der Waals surface area contributed by atoms with Crippen LogP contribution in [0.3, 0.4) is 0 Å². The molecule has 7 heavy (non-hydrogen) atoms. The maximum Gasteiger partial charge on any atom is 0.116 e. The summed E-state index contributed by atoms with van der Waals surface area (Å²) in [6.45, 7) is 1.37. The Kier molecular flexibility index (Phi) is 2.95. The van der Waals surface area contributed by atoms with Crippen molar-refractivity contribution in [2.75, 3.05) is 0 Å². The van der Waals surface area contributed by atoms with Gasteiger partial charge in [-0.25, -0.2) is 4.39 Å². The van der Waals surface area contributed by atoms with Crippen molar-refractivity contribution in [1.29, 1.82) is 5.26 Å². The Hall–Kier alpha value is -0.840. The molecule has 0 bridgehead atoms. The third kappa shape index (κ3) is 5.16. The molecule has 0 aliphatic carbocycles. The molecule has 0 amide bonds. The average Bonchev–Trinajstić information content (AvgIpc) is 1.61. The molecule has 0 N–H and O–H groups in total. The molecular weight excluding hydrogens is 93.1 g/mol. The largest absolute Gasteiger partial charge is 0.243 e. The number of halogens is 1. The van der Waals surface area contributed by atoms with Gasteiger partial charge in [-0.05, 0) is 13.0 Å². The van der Waals surface area contributed by atoms with E-state index in [1.807, 2.05) is 0 Å². The first-order valence-corrected chi connectivity index (χ1v) is 1.97. The highest BCUT2D eigenvalue weighted by Gasteiger charge is 1.83. The predicted molar refractivity (Wildman–Crippen MR) is 25.3 cm³/mol. The number of allylic oxidation sites excluding steroid dienone is 2. The first kappa shape index (κ1) is 6.16. The predicted octanol–water partition coefficient (Wildman–Crippen LogP) is 1.42. The molecule has 0 radical (unpaired) electrons. The van der Waals surface area contributed by atoms with E-state index in [2.05, 4.69) is 0 Å². The van der Waals surface area contributed by atoms with Crippen LogP contribution in [0, 0.1) is 11.3 Å². The van der Waals surface area contributed by atoms with E-state index >= 15 is 0 Å². The molecule has 0 rings (SSSR count). The van der Waals surface area contributed by atoms with Crippen molar-refractivity contribution < 1.29 is 4.39 Å². The second kappa shape index (κ2) is 3.35. The monoisotopic (exact) mass is 99.0 g/mol. The average molecular weight is 99.1 g/mol. The smallest absolute Gasteiger partial charge is 0.116 e. The first-order valence-electron chi connectivity index (χ1n) is 1.97. The van der Waals surface area contributed by atoms with Crippen molar-refractivity contribution in [3.05, 3.63) is 12.2 Å². The van der Waals surface area contributed by atoms with Crippen LogP contribution in [0.5, 0.6) is 0 Å². The number of alkyl halides is 1. The Morgan fingerprint density at radius 1 is 1.86 bits per heavy atom. The summed E-state index contributed by atoms with van der Waals surface area (Å²) in [5.41, 5.74) is 0. The molecule has 0 fully saturated rings. The van der Waals surface area contributed by atoms with Crippen molar-refractivity contribution in [3.63, 3.8) is 0 Å². The number of hydrogen-bond donors (Lipinski definition) is 0. The molecule has 0 aliphatic heterocycles. The van der Waals surface area contributed by atoms with Crippen LogP contribution >= 0.6 is 0 Å². The molecule has 0 saturated carbocycles. The maximum atomic E-state index is 11.7. The lowest BCUT2D eigenvalue weighted by Crippen LogP contribution is -1.80. The Morgan fingerprint density at radius 3 is 2.57 bits per heavy atom. The van der Waals surface area contributed by atoms with E-state index in [1.165, 1.54) is 13.0 Å². The van der Waals surface area contributed by atoms with E-state index in [4.69, 9.17) is 5.26 Å². The number of nitrogens with zero attached hydrogens (tertiary/aromatic N) is 1. The third-order valence-electron chi connectivity index (χ3n) is 0.436. The van der Waals surface area contributed by atoms with Crippen LogP contribution in [0.1, 0.15) is 6.92 Å². The van der Waals surface area contributed by atoms with Gasteiger partial charge < -0.3 is 0 Å². The van der Waals surface area contributed by atoms with E-state index in [0.717, 1.165) is 6.08 Å². The van der Waals surface area contributed by atoms with Gasteiger partial charge in [0.05, 0.1) is 6.07 Å². The standard InChI is InChI=1S/C5H6FN/c1-5(6)3-2-4-7/h2-3,5H,1H3/b3-2+. The van der Waals surface area contributed by atoms with Gasteiger partial charge in [0.1, 0.15) is 6.17 Å². The van der Waals surface area contributed by atoms with Crippen molar-refractivity contribution in [3.8, 4) is 6.07 Å². The van der Waals surface area contributed by atoms with Gasteiger partial charge in [0, 0.05) is 6.08 Å². The highest BCUT2D eigenvalue weighted by molar-refractivity contribution is 5.03. The van der Waals surface area contributed by atoms with E-state index in [1.54, 1.807) is 6.07 Å². The second-order valence-electron chi connectivity index (χ2n) is 1.17. The van der Waals surface area contributed by atoms with Gasteiger partial charge in [0.25, 0.3) is 0 Å². The van der Waals surface area contributed by atoms with Gasteiger partial charge in [0.2, 0.25) is 0 Å². The molecule has 0 aliphatic rings. The molecular formula is C5H6FN. The van der Waals surface area contributed by atoms with Gasteiger partial charge in [0.15, 0.2) is 0 Å². The van der Waals surface area contributed by atoms with E-state index in [9.17, 15) is 4.39 Å². The van der Waals surface area contributed by atoms with Gasteiger partial charge in [-0.1, -0.05) is 0 Å². The Balaban J connectivity index is 3.31. The quantitative estimate of drug-likeness (QED) is 0.456. The normalized spacial score (nSPS) is 13.9. The lowest BCUT2D eigenvalue weighted by atomic mass is 10.4. The Bertz CT molecular complexity index is 99.1. The molecule has 1 nitrogen and oxygen atoms in total. The van der Waals surface area contributed by atoms with Crippen LogP contribution in [0.25, 0.3) is 0 Å². The minimum absolute atomic E-state index is 1.00. The summed E-state index contributed by atoms with van der Waals surface area (Å²) >= 11 is 0. The lowest BCUT2D eigenvalue weighted by molar-refractivity contribution is 0.431. The molecule has 0 aromatic carbocycles. The van der Waals surface area contributed by atoms with Crippen molar-refractivity contribution >= 4 is 0 Å². The molecule has 0 heterocycles. The lowest BCUT2D eigenvalue weighted by Gasteiger charge is -1.81. The summed E-state index contributed by atoms with van der Waals surface area (Å²) in [4.78, 5) is 0. The topological polar surface area (TPSA) is 23.8 Å².